The number of nitrogens with one attached hydrogen (secondary N) is 1. The second kappa shape index (κ2) is 4.27. The van der Waals surface area contributed by atoms with Gasteiger partial charge in [-0.25, -0.2) is 0 Å². The number of hydrogen-bond donors (Lipinski definition) is 1. The highest BCUT2D eigenvalue weighted by molar-refractivity contribution is 4.87. The van der Waals surface area contributed by atoms with Crippen molar-refractivity contribution in [1.29, 1.82) is 0 Å². The highest BCUT2D eigenvalue weighted by Gasteiger charge is 2.32. The fraction of sp³-hybridized carbons (Fsp3) is 1.00. The maximum Gasteiger partial charge on any atom is 0.000838 e. The van der Waals surface area contributed by atoms with Crippen molar-refractivity contribution in [3.05, 3.63) is 0 Å². The predicted molar refractivity (Wildman–Crippen MR) is 54.3 cm³/mol. The van der Waals surface area contributed by atoms with E-state index in [-0.39, 0.29) is 0 Å². The normalized spacial score (nSPS) is 30.0. The summed E-state index contributed by atoms with van der Waals surface area (Å²) in [6.45, 7) is 9.50. The second-order valence-corrected chi connectivity index (χ2v) is 4.77. The lowest BCUT2D eigenvalue weighted by Crippen LogP contribution is -2.25. The minimum absolute atomic E-state index is 0.656. The van der Waals surface area contributed by atoms with Gasteiger partial charge in [0.25, 0.3) is 0 Å². The van der Waals surface area contributed by atoms with Crippen LogP contribution in [0.1, 0.15) is 46.5 Å². The summed E-state index contributed by atoms with van der Waals surface area (Å²) in [4.78, 5) is 0. The van der Waals surface area contributed by atoms with E-state index in [4.69, 9.17) is 0 Å². The van der Waals surface area contributed by atoms with Crippen molar-refractivity contribution in [2.45, 2.75) is 46.5 Å². The van der Waals surface area contributed by atoms with Crippen LogP contribution in [0.5, 0.6) is 0 Å². The van der Waals surface area contributed by atoms with E-state index < -0.39 is 0 Å². The first kappa shape index (κ1) is 10.0. The Kier molecular flexibility index (Phi) is 3.57. The maximum absolute atomic E-state index is 3.50. The van der Waals surface area contributed by atoms with Crippen molar-refractivity contribution in [3.63, 3.8) is 0 Å². The van der Waals surface area contributed by atoms with Gasteiger partial charge in [0.05, 0.1) is 0 Å². The summed E-state index contributed by atoms with van der Waals surface area (Å²) < 4.78 is 0. The Morgan fingerprint density at radius 2 is 2.17 bits per heavy atom. The molecular weight excluding hydrogens is 146 g/mol. The molecule has 1 unspecified atom stereocenters. The Bertz CT molecular complexity index is 123. The molecule has 1 fully saturated rings. The molecule has 1 rings (SSSR count). The van der Waals surface area contributed by atoms with Crippen molar-refractivity contribution in [2.75, 3.05) is 13.1 Å². The third-order valence-corrected chi connectivity index (χ3v) is 2.95. The van der Waals surface area contributed by atoms with Crippen LogP contribution in [-0.4, -0.2) is 13.1 Å². The first-order valence-electron chi connectivity index (χ1n) is 5.39. The molecule has 0 radical (unpaired) electrons. The zero-order valence-electron chi connectivity index (χ0n) is 8.82. The monoisotopic (exact) mass is 169 g/mol. The summed E-state index contributed by atoms with van der Waals surface area (Å²) in [7, 11) is 0. The summed E-state index contributed by atoms with van der Waals surface area (Å²) in [5.74, 6) is 0.858. The third kappa shape index (κ3) is 2.48. The van der Waals surface area contributed by atoms with Crippen LogP contribution >= 0.6 is 0 Å². The zero-order valence-corrected chi connectivity index (χ0v) is 8.82. The number of rotatable bonds is 4. The lowest BCUT2D eigenvalue weighted by molar-refractivity contribution is 0.233. The Hall–Kier alpha value is -0.0400. The summed E-state index contributed by atoms with van der Waals surface area (Å²) >= 11 is 0. The van der Waals surface area contributed by atoms with Gasteiger partial charge >= 0.3 is 0 Å². The van der Waals surface area contributed by atoms with Gasteiger partial charge < -0.3 is 5.32 Å². The Balaban J connectivity index is 2.46. The topological polar surface area (TPSA) is 12.0 Å². The Labute approximate surface area is 76.9 Å². The van der Waals surface area contributed by atoms with Gasteiger partial charge in [-0.05, 0) is 37.1 Å². The fourth-order valence-corrected chi connectivity index (χ4v) is 2.68. The molecule has 0 saturated carbocycles. The summed E-state index contributed by atoms with van der Waals surface area (Å²) in [6.07, 6.45) is 5.57. The smallest absolute Gasteiger partial charge is 0.000838 e. The molecule has 1 aliphatic rings. The first-order chi connectivity index (χ1) is 5.68. The molecule has 1 atom stereocenters. The van der Waals surface area contributed by atoms with Crippen molar-refractivity contribution in [1.82, 2.24) is 5.32 Å². The first-order valence-corrected chi connectivity index (χ1v) is 5.39. The van der Waals surface area contributed by atoms with Crippen LogP contribution in [0.3, 0.4) is 0 Å². The maximum atomic E-state index is 3.50. The van der Waals surface area contributed by atoms with Gasteiger partial charge in [-0.15, -0.1) is 0 Å². The Morgan fingerprint density at radius 1 is 1.42 bits per heavy atom. The summed E-state index contributed by atoms with van der Waals surface area (Å²) in [5, 5.41) is 3.50. The molecule has 0 amide bonds. The molecule has 0 aromatic carbocycles. The van der Waals surface area contributed by atoms with E-state index in [0.29, 0.717) is 5.41 Å². The van der Waals surface area contributed by atoms with E-state index >= 15 is 0 Å². The van der Waals surface area contributed by atoms with Gasteiger partial charge in [0, 0.05) is 6.54 Å². The van der Waals surface area contributed by atoms with Gasteiger partial charge in [0.1, 0.15) is 0 Å². The van der Waals surface area contributed by atoms with E-state index in [9.17, 15) is 0 Å². The van der Waals surface area contributed by atoms with Crippen LogP contribution in [-0.2, 0) is 0 Å². The summed E-state index contributed by atoms with van der Waals surface area (Å²) in [5.41, 5.74) is 0.656. The molecule has 72 valence electrons. The van der Waals surface area contributed by atoms with E-state index in [2.05, 4.69) is 26.1 Å². The molecule has 12 heavy (non-hydrogen) atoms. The largest absolute Gasteiger partial charge is 0.316 e. The van der Waals surface area contributed by atoms with Gasteiger partial charge in [0.2, 0.25) is 0 Å². The lowest BCUT2D eigenvalue weighted by Gasteiger charge is -2.29. The van der Waals surface area contributed by atoms with Gasteiger partial charge in [-0.2, -0.15) is 0 Å². The average molecular weight is 169 g/mol. The molecule has 1 saturated heterocycles. The average Bonchev–Trinajstić information content (AvgIpc) is 2.36. The van der Waals surface area contributed by atoms with Gasteiger partial charge in [-0.3, -0.25) is 0 Å². The minimum atomic E-state index is 0.656. The van der Waals surface area contributed by atoms with E-state index in [0.717, 1.165) is 5.92 Å². The number of hydrogen-bond acceptors (Lipinski definition) is 1. The van der Waals surface area contributed by atoms with Gasteiger partial charge in [-0.1, -0.05) is 27.2 Å². The predicted octanol–water partition coefficient (Wildman–Crippen LogP) is 2.81. The van der Waals surface area contributed by atoms with E-state index in [1.807, 2.05) is 0 Å². The van der Waals surface area contributed by atoms with Crippen LogP contribution in [0.2, 0.25) is 0 Å². The van der Waals surface area contributed by atoms with Crippen LogP contribution in [0.4, 0.5) is 0 Å². The highest BCUT2D eigenvalue weighted by atomic mass is 14.9. The van der Waals surface area contributed by atoms with E-state index in [1.165, 1.54) is 38.8 Å². The van der Waals surface area contributed by atoms with Crippen molar-refractivity contribution in [2.24, 2.45) is 11.3 Å². The molecule has 1 heterocycles. The molecule has 1 N–H and O–H groups in total. The van der Waals surface area contributed by atoms with Crippen molar-refractivity contribution in [3.8, 4) is 0 Å². The standard InChI is InChI=1S/C11H23N/c1-4-5-11(8-10(2)3)6-7-12-9-11/h10,12H,4-9H2,1-3H3. The summed E-state index contributed by atoms with van der Waals surface area (Å²) in [6, 6.07) is 0. The van der Waals surface area contributed by atoms with Crippen molar-refractivity contribution >= 4 is 0 Å². The SMILES string of the molecule is CCCC1(CC(C)C)CCNC1. The molecule has 1 nitrogen and oxygen atoms in total. The highest BCUT2D eigenvalue weighted by Crippen LogP contribution is 2.37. The second-order valence-electron chi connectivity index (χ2n) is 4.77. The zero-order chi connectivity index (χ0) is 9.03. The molecule has 0 aromatic rings. The van der Waals surface area contributed by atoms with Crippen LogP contribution in [0.25, 0.3) is 0 Å². The van der Waals surface area contributed by atoms with Crippen LogP contribution in [0.15, 0.2) is 0 Å². The molecule has 0 bridgehead atoms. The molecule has 1 heteroatoms. The van der Waals surface area contributed by atoms with E-state index in [1.54, 1.807) is 0 Å². The fourth-order valence-electron chi connectivity index (χ4n) is 2.68. The quantitative estimate of drug-likeness (QED) is 0.682. The van der Waals surface area contributed by atoms with Crippen LogP contribution in [0, 0.1) is 11.3 Å². The molecule has 0 aromatic heterocycles. The van der Waals surface area contributed by atoms with Gasteiger partial charge in [0.15, 0.2) is 0 Å². The van der Waals surface area contributed by atoms with Crippen molar-refractivity contribution < 1.29 is 0 Å². The Morgan fingerprint density at radius 3 is 2.58 bits per heavy atom. The molecule has 1 aliphatic heterocycles. The molecule has 0 aliphatic carbocycles. The minimum Gasteiger partial charge on any atom is -0.316 e. The molecular formula is C11H23N. The lowest BCUT2D eigenvalue weighted by atomic mass is 9.76. The molecule has 0 spiro atoms. The van der Waals surface area contributed by atoms with Crippen LogP contribution < -0.4 is 5.32 Å². The third-order valence-electron chi connectivity index (χ3n) is 2.95.